The number of hydrogen-bond donors (Lipinski definition) is 0. The number of allylic oxidation sites excluding steroid dienone is 2. The summed E-state index contributed by atoms with van der Waals surface area (Å²) in [5.74, 6) is 2.49. The average molecular weight is 332 g/mol. The minimum absolute atomic E-state index is 0.00281. The lowest BCUT2D eigenvalue weighted by Gasteiger charge is -2.30. The van der Waals surface area contributed by atoms with Crippen LogP contribution in [-0.4, -0.2) is 22.4 Å². The van der Waals surface area contributed by atoms with E-state index in [2.05, 4.69) is 40.9 Å². The van der Waals surface area contributed by atoms with Gasteiger partial charge in [-0.05, 0) is 31.8 Å². The highest BCUT2D eigenvalue weighted by molar-refractivity contribution is 9.09. The van der Waals surface area contributed by atoms with Crippen molar-refractivity contribution in [2.24, 2.45) is 0 Å². The number of alkyl halides is 2. The molecule has 1 nitrogen and oxygen atoms in total. The van der Waals surface area contributed by atoms with Crippen molar-refractivity contribution in [2.75, 3.05) is 0 Å². The van der Waals surface area contributed by atoms with E-state index in [9.17, 15) is 0 Å². The topological polar surface area (TPSA) is 9.23 Å². The lowest BCUT2D eigenvalue weighted by Crippen LogP contribution is -2.34. The molecule has 0 aromatic heterocycles. The van der Waals surface area contributed by atoms with E-state index >= 15 is 0 Å². The van der Waals surface area contributed by atoms with Crippen LogP contribution < -0.4 is 0 Å². The van der Waals surface area contributed by atoms with Gasteiger partial charge in [0.25, 0.3) is 0 Å². The van der Waals surface area contributed by atoms with Gasteiger partial charge in [-0.1, -0.05) is 47.0 Å². The van der Waals surface area contributed by atoms with Crippen LogP contribution in [0.15, 0.2) is 24.3 Å². The quantitative estimate of drug-likeness (QED) is 0.420. The molecule has 0 aliphatic carbocycles. The molecule has 0 saturated carbocycles. The summed E-state index contributed by atoms with van der Waals surface area (Å²) in [6.45, 7) is 2.15. The Hall–Kier alpha value is -0.230. The molecule has 0 saturated heterocycles. The second-order valence-electron chi connectivity index (χ2n) is 4.40. The third-order valence-corrected chi connectivity index (χ3v) is 4.72. The predicted molar refractivity (Wildman–Crippen MR) is 82.3 cm³/mol. The third kappa shape index (κ3) is 5.18. The molecule has 18 heavy (non-hydrogen) atoms. The van der Waals surface area contributed by atoms with Crippen LogP contribution in [0.2, 0.25) is 0 Å². The summed E-state index contributed by atoms with van der Waals surface area (Å²) in [6.07, 6.45) is 17.0. The van der Waals surface area contributed by atoms with Gasteiger partial charge in [-0.25, -0.2) is 0 Å². The Bertz CT molecular complexity index is 332. The first-order chi connectivity index (χ1) is 8.69. The Kier molecular flexibility index (Phi) is 7.74. The Morgan fingerprint density at radius 3 is 2.94 bits per heavy atom. The van der Waals surface area contributed by atoms with Crippen LogP contribution in [0.25, 0.3) is 0 Å². The Labute approximate surface area is 124 Å². The maximum atomic E-state index is 6.37. The van der Waals surface area contributed by atoms with Crippen molar-refractivity contribution >= 4 is 27.5 Å². The van der Waals surface area contributed by atoms with Gasteiger partial charge in [0.2, 0.25) is 0 Å². The van der Waals surface area contributed by atoms with Crippen LogP contribution in [0.5, 0.6) is 0 Å². The highest BCUT2D eigenvalue weighted by Gasteiger charge is 2.26. The molecule has 100 valence electrons. The highest BCUT2D eigenvalue weighted by atomic mass is 79.9. The second kappa shape index (κ2) is 8.80. The molecule has 1 aliphatic rings. The summed E-state index contributed by atoms with van der Waals surface area (Å²) in [7, 11) is 0. The molecule has 0 radical (unpaired) electrons. The monoisotopic (exact) mass is 330 g/mol. The van der Waals surface area contributed by atoms with E-state index in [-0.39, 0.29) is 17.6 Å². The number of rotatable bonds is 4. The van der Waals surface area contributed by atoms with E-state index in [1.807, 2.05) is 6.08 Å². The van der Waals surface area contributed by atoms with Gasteiger partial charge in [0, 0.05) is 4.83 Å². The van der Waals surface area contributed by atoms with Gasteiger partial charge in [0.15, 0.2) is 0 Å². The standard InChI is InChI=1S/C15H20BrClO/c1-3-5-6-11-15-13(17)9-7-8-10-14(18-15)12(16)4-2/h1,5-8,12-15H,4,9-11H2,2H3/b6-5-,8-7-/t12-,13-,14-,15-/m1/s1. The first kappa shape index (κ1) is 15.8. The lowest BCUT2D eigenvalue weighted by molar-refractivity contribution is -0.0122. The van der Waals surface area contributed by atoms with Gasteiger partial charge in [0.05, 0.1) is 17.6 Å². The summed E-state index contributed by atoms with van der Waals surface area (Å²) in [5.41, 5.74) is 0. The van der Waals surface area contributed by atoms with Crippen molar-refractivity contribution in [3.05, 3.63) is 24.3 Å². The fourth-order valence-corrected chi connectivity index (χ4v) is 2.55. The molecule has 3 heteroatoms. The van der Waals surface area contributed by atoms with Crippen LogP contribution in [0.3, 0.4) is 0 Å². The third-order valence-electron chi connectivity index (χ3n) is 3.03. The van der Waals surface area contributed by atoms with Crippen molar-refractivity contribution in [3.8, 4) is 12.3 Å². The molecule has 0 aromatic carbocycles. The summed E-state index contributed by atoms with van der Waals surface area (Å²) >= 11 is 10.1. The molecular formula is C15H20BrClO. The van der Waals surface area contributed by atoms with Crippen LogP contribution in [0, 0.1) is 12.3 Å². The van der Waals surface area contributed by atoms with Crippen molar-refractivity contribution in [2.45, 2.75) is 55.0 Å². The van der Waals surface area contributed by atoms with E-state index in [0.29, 0.717) is 4.83 Å². The van der Waals surface area contributed by atoms with Gasteiger partial charge in [0.1, 0.15) is 0 Å². The van der Waals surface area contributed by atoms with E-state index in [1.165, 1.54) is 0 Å². The molecule has 0 bridgehead atoms. The van der Waals surface area contributed by atoms with E-state index < -0.39 is 0 Å². The van der Waals surface area contributed by atoms with Gasteiger partial charge in [-0.3, -0.25) is 0 Å². The average Bonchev–Trinajstić information content (AvgIpc) is 2.37. The van der Waals surface area contributed by atoms with Crippen LogP contribution in [0.4, 0.5) is 0 Å². The van der Waals surface area contributed by atoms with E-state index in [0.717, 1.165) is 25.7 Å². The maximum absolute atomic E-state index is 6.37. The summed E-state index contributed by atoms with van der Waals surface area (Å²) < 4.78 is 6.15. The first-order valence-corrected chi connectivity index (χ1v) is 7.74. The van der Waals surface area contributed by atoms with Crippen molar-refractivity contribution in [1.82, 2.24) is 0 Å². The molecule has 0 amide bonds. The molecule has 0 N–H and O–H groups in total. The number of terminal acetylenes is 1. The Morgan fingerprint density at radius 1 is 1.56 bits per heavy atom. The number of hydrogen-bond acceptors (Lipinski definition) is 1. The molecule has 1 aliphatic heterocycles. The zero-order valence-electron chi connectivity index (χ0n) is 10.7. The van der Waals surface area contributed by atoms with Crippen LogP contribution in [0.1, 0.15) is 32.6 Å². The molecule has 1 rings (SSSR count). The predicted octanol–water partition coefficient (Wildman–Crippen LogP) is 4.45. The van der Waals surface area contributed by atoms with Gasteiger partial charge >= 0.3 is 0 Å². The Balaban J connectivity index is 2.69. The fraction of sp³-hybridized carbons (Fsp3) is 0.600. The molecule has 0 spiro atoms. The summed E-state index contributed by atoms with van der Waals surface area (Å²) in [5, 5.41) is 0.00281. The normalized spacial score (nSPS) is 32.4. The minimum atomic E-state index is 0.00281. The summed E-state index contributed by atoms with van der Waals surface area (Å²) in [6, 6.07) is 0. The zero-order chi connectivity index (χ0) is 13.4. The van der Waals surface area contributed by atoms with E-state index in [4.69, 9.17) is 22.8 Å². The largest absolute Gasteiger partial charge is 0.372 e. The Morgan fingerprint density at radius 2 is 2.28 bits per heavy atom. The molecule has 0 aromatic rings. The maximum Gasteiger partial charge on any atom is 0.0780 e. The molecule has 4 atom stereocenters. The first-order valence-electron chi connectivity index (χ1n) is 6.38. The van der Waals surface area contributed by atoms with Gasteiger partial charge < -0.3 is 4.74 Å². The van der Waals surface area contributed by atoms with Crippen molar-refractivity contribution in [3.63, 3.8) is 0 Å². The fourth-order valence-electron chi connectivity index (χ4n) is 1.94. The smallest absolute Gasteiger partial charge is 0.0780 e. The molecule has 1 heterocycles. The van der Waals surface area contributed by atoms with Gasteiger partial charge in [-0.2, -0.15) is 0 Å². The van der Waals surface area contributed by atoms with Crippen molar-refractivity contribution < 1.29 is 4.74 Å². The molecule has 0 unspecified atom stereocenters. The molecular weight excluding hydrogens is 312 g/mol. The number of ether oxygens (including phenoxy) is 1. The van der Waals surface area contributed by atoms with Gasteiger partial charge in [-0.15, -0.1) is 18.0 Å². The van der Waals surface area contributed by atoms with Crippen molar-refractivity contribution in [1.29, 1.82) is 0 Å². The SMILES string of the molecule is C#C/C=C\C[C@H]1O[C@@H]([C@H](Br)CC)C/C=C\C[C@H]1Cl. The zero-order valence-corrected chi connectivity index (χ0v) is 13.0. The van der Waals surface area contributed by atoms with Crippen LogP contribution >= 0.6 is 27.5 Å². The summed E-state index contributed by atoms with van der Waals surface area (Å²) in [4.78, 5) is 0.364. The highest BCUT2D eigenvalue weighted by Crippen LogP contribution is 2.26. The van der Waals surface area contributed by atoms with Crippen LogP contribution in [-0.2, 0) is 4.74 Å². The second-order valence-corrected chi connectivity index (χ2v) is 6.14. The lowest BCUT2D eigenvalue weighted by atomic mass is 10.0. The molecule has 0 fully saturated rings. The minimum Gasteiger partial charge on any atom is -0.372 e. The number of halogens is 2. The van der Waals surface area contributed by atoms with E-state index in [1.54, 1.807) is 6.08 Å².